The molecule has 0 aliphatic heterocycles. The number of rotatable bonds is 3. The Bertz CT molecular complexity index is 630. The van der Waals surface area contributed by atoms with E-state index in [0.717, 1.165) is 4.90 Å². The van der Waals surface area contributed by atoms with Crippen molar-refractivity contribution in [1.29, 1.82) is 0 Å². The second kappa shape index (κ2) is 7.43. The molecule has 0 spiro atoms. The molecule has 106 valence electrons. The lowest BCUT2D eigenvalue weighted by atomic mass is 10.3. The molecule has 0 radical (unpaired) electrons. The molecule has 8 heteroatoms. The van der Waals surface area contributed by atoms with Gasteiger partial charge in [-0.3, -0.25) is 0 Å². The van der Waals surface area contributed by atoms with E-state index in [-0.39, 0.29) is 25.1 Å². The second-order valence-corrected chi connectivity index (χ2v) is 7.97. The van der Waals surface area contributed by atoms with Crippen LogP contribution >= 0.6 is 91.2 Å². The van der Waals surface area contributed by atoms with E-state index < -0.39 is 0 Å². The minimum atomic E-state index is 0.149. The van der Waals surface area contributed by atoms with E-state index in [4.69, 9.17) is 69.6 Å². The van der Waals surface area contributed by atoms with Crippen LogP contribution in [0.1, 0.15) is 0 Å². The van der Waals surface area contributed by atoms with Crippen LogP contribution in [0.15, 0.2) is 34.1 Å². The van der Waals surface area contributed by atoms with E-state index in [0.29, 0.717) is 9.92 Å². The van der Waals surface area contributed by atoms with E-state index in [1.165, 1.54) is 21.6 Å². The first-order valence-corrected chi connectivity index (χ1v) is 9.45. The Balaban J connectivity index is 2.33. The molecule has 0 nitrogen and oxygen atoms in total. The van der Waals surface area contributed by atoms with Crippen LogP contribution in [0.2, 0.25) is 30.1 Å². The zero-order valence-electron chi connectivity index (χ0n) is 9.39. The number of hydrogen-bond acceptors (Lipinski definition) is 2. The summed E-state index contributed by atoms with van der Waals surface area (Å²) in [5.41, 5.74) is 0. The molecule has 0 amide bonds. The number of benzene rings is 2. The fourth-order valence-corrected chi connectivity index (χ4v) is 5.66. The summed E-state index contributed by atoms with van der Waals surface area (Å²) in [6.45, 7) is 0. The summed E-state index contributed by atoms with van der Waals surface area (Å²) >= 11 is 36.4. The van der Waals surface area contributed by atoms with Gasteiger partial charge < -0.3 is 0 Å². The molecule has 0 saturated heterocycles. The Kier molecular flexibility index (Phi) is 6.40. The zero-order chi connectivity index (χ0) is 14.9. The van der Waals surface area contributed by atoms with Crippen molar-refractivity contribution in [2.75, 3.05) is 0 Å². The van der Waals surface area contributed by atoms with Gasteiger partial charge in [0.25, 0.3) is 0 Å². The summed E-state index contributed by atoms with van der Waals surface area (Å²) in [5.74, 6) is 0. The van der Waals surface area contributed by atoms with E-state index in [9.17, 15) is 0 Å². The molecule has 0 N–H and O–H groups in total. The van der Waals surface area contributed by atoms with Crippen LogP contribution in [-0.4, -0.2) is 0 Å². The highest BCUT2D eigenvalue weighted by atomic mass is 35.5. The molecule has 0 heterocycles. The predicted octanol–water partition coefficient (Wildman–Crippen LogP) is 8.41. The summed E-state index contributed by atoms with van der Waals surface area (Å²) in [5, 5.41) is 1.71. The molecule has 0 unspecified atom stereocenters. The molecule has 0 atom stereocenters. The van der Waals surface area contributed by atoms with E-state index in [2.05, 4.69) is 0 Å². The highest BCUT2D eigenvalue weighted by Crippen LogP contribution is 2.52. The SMILES string of the molecule is Clc1ccccc1SSc1c(Cl)c(Cl)c(Cl)c(Cl)c1Cl. The summed E-state index contributed by atoms with van der Waals surface area (Å²) in [7, 11) is 2.73. The van der Waals surface area contributed by atoms with Crippen LogP contribution < -0.4 is 0 Å². The van der Waals surface area contributed by atoms with Crippen molar-refractivity contribution >= 4 is 91.2 Å². The minimum absolute atomic E-state index is 0.149. The summed E-state index contributed by atoms with van der Waals surface area (Å²) in [6, 6.07) is 7.43. The highest BCUT2D eigenvalue weighted by molar-refractivity contribution is 8.76. The molecule has 0 aliphatic carbocycles. The van der Waals surface area contributed by atoms with Crippen molar-refractivity contribution in [1.82, 2.24) is 0 Å². The molecule has 0 bridgehead atoms. The maximum Gasteiger partial charge on any atom is 0.0809 e. The standard InChI is InChI=1S/C12H4Cl6S2/c13-5-3-1-2-4-6(5)19-20-12-10(17)8(15)7(14)9(16)11(12)18/h1-4H. The van der Waals surface area contributed by atoms with Gasteiger partial charge in [0.15, 0.2) is 0 Å². The Morgan fingerprint density at radius 3 is 1.65 bits per heavy atom. The Morgan fingerprint density at radius 2 is 1.10 bits per heavy atom. The molecule has 0 saturated carbocycles. The smallest absolute Gasteiger partial charge is 0.0809 e. The average molecular weight is 425 g/mol. The lowest BCUT2D eigenvalue weighted by Crippen LogP contribution is -1.83. The molecular weight excluding hydrogens is 421 g/mol. The van der Waals surface area contributed by atoms with Crippen LogP contribution in [0.5, 0.6) is 0 Å². The third kappa shape index (κ3) is 3.61. The number of halogens is 6. The molecule has 2 aromatic carbocycles. The van der Waals surface area contributed by atoms with Crippen LogP contribution in [0.3, 0.4) is 0 Å². The average Bonchev–Trinajstić information content (AvgIpc) is 2.45. The molecule has 0 fully saturated rings. The van der Waals surface area contributed by atoms with Crippen molar-refractivity contribution in [2.45, 2.75) is 9.79 Å². The summed E-state index contributed by atoms with van der Waals surface area (Å²) < 4.78 is 0. The summed E-state index contributed by atoms with van der Waals surface area (Å²) in [4.78, 5) is 1.44. The first kappa shape index (κ1) is 17.2. The second-order valence-electron chi connectivity index (χ2n) is 3.50. The molecule has 0 aliphatic rings. The predicted molar refractivity (Wildman–Crippen MR) is 94.7 cm³/mol. The Hall–Kier alpha value is 0.880. The zero-order valence-corrected chi connectivity index (χ0v) is 15.6. The third-order valence-corrected chi connectivity index (χ3v) is 7.65. The quantitative estimate of drug-likeness (QED) is 0.275. The molecule has 20 heavy (non-hydrogen) atoms. The monoisotopic (exact) mass is 422 g/mol. The largest absolute Gasteiger partial charge is 0.0831 e. The maximum absolute atomic E-state index is 6.16. The number of hydrogen-bond donors (Lipinski definition) is 0. The van der Waals surface area contributed by atoms with Gasteiger partial charge in [-0.25, -0.2) is 0 Å². The molecule has 2 rings (SSSR count). The third-order valence-electron chi connectivity index (χ3n) is 2.22. The van der Waals surface area contributed by atoms with E-state index in [1.807, 2.05) is 18.2 Å². The Labute approximate surface area is 154 Å². The van der Waals surface area contributed by atoms with Crippen molar-refractivity contribution in [3.8, 4) is 0 Å². The van der Waals surface area contributed by atoms with E-state index >= 15 is 0 Å². The van der Waals surface area contributed by atoms with Crippen molar-refractivity contribution < 1.29 is 0 Å². The molecule has 0 aromatic heterocycles. The van der Waals surface area contributed by atoms with Gasteiger partial charge in [-0.1, -0.05) is 92.5 Å². The lowest BCUT2D eigenvalue weighted by molar-refractivity contribution is 1.46. The van der Waals surface area contributed by atoms with Gasteiger partial charge in [0.05, 0.1) is 35.0 Å². The van der Waals surface area contributed by atoms with Gasteiger partial charge in [0.2, 0.25) is 0 Å². The topological polar surface area (TPSA) is 0 Å². The fourth-order valence-electron chi connectivity index (χ4n) is 1.26. The fraction of sp³-hybridized carbons (Fsp3) is 0. The van der Waals surface area contributed by atoms with Crippen LogP contribution in [0.4, 0.5) is 0 Å². The highest BCUT2D eigenvalue weighted by Gasteiger charge is 2.20. The lowest BCUT2D eigenvalue weighted by Gasteiger charge is -2.11. The van der Waals surface area contributed by atoms with Gasteiger partial charge in [-0.05, 0) is 22.9 Å². The van der Waals surface area contributed by atoms with Gasteiger partial charge in [0, 0.05) is 4.90 Å². The minimum Gasteiger partial charge on any atom is -0.0831 e. The first-order chi connectivity index (χ1) is 9.43. The van der Waals surface area contributed by atoms with Gasteiger partial charge in [-0.2, -0.15) is 0 Å². The molecular formula is C12H4Cl6S2. The Morgan fingerprint density at radius 1 is 0.600 bits per heavy atom. The van der Waals surface area contributed by atoms with Crippen molar-refractivity contribution in [2.24, 2.45) is 0 Å². The van der Waals surface area contributed by atoms with Gasteiger partial charge in [-0.15, -0.1) is 0 Å². The van der Waals surface area contributed by atoms with Crippen molar-refractivity contribution in [3.63, 3.8) is 0 Å². The van der Waals surface area contributed by atoms with E-state index in [1.54, 1.807) is 6.07 Å². The van der Waals surface area contributed by atoms with Crippen LogP contribution in [0.25, 0.3) is 0 Å². The van der Waals surface area contributed by atoms with Crippen LogP contribution in [-0.2, 0) is 0 Å². The van der Waals surface area contributed by atoms with Gasteiger partial charge in [0.1, 0.15) is 0 Å². The molecule has 2 aromatic rings. The normalized spacial score (nSPS) is 10.9. The summed E-state index contributed by atoms with van der Waals surface area (Å²) in [6.07, 6.45) is 0. The van der Waals surface area contributed by atoms with Crippen molar-refractivity contribution in [3.05, 3.63) is 54.4 Å². The maximum atomic E-state index is 6.16. The van der Waals surface area contributed by atoms with Crippen LogP contribution in [0, 0.1) is 0 Å². The first-order valence-electron chi connectivity index (χ1n) is 5.04. The van der Waals surface area contributed by atoms with Gasteiger partial charge >= 0.3 is 0 Å².